The summed E-state index contributed by atoms with van der Waals surface area (Å²) in [5.41, 5.74) is 3.04. The SMILES string of the molecule is Cc1cc(C)c(S(=O)(=O)N(CC(=O)N2CCC(C)CC2)Cc2ccccc2Cl)c(C)c1. The summed E-state index contributed by atoms with van der Waals surface area (Å²) in [7, 11) is -3.91. The molecule has 1 heterocycles. The van der Waals surface area contributed by atoms with Crippen molar-refractivity contribution in [2.45, 2.75) is 52.0 Å². The van der Waals surface area contributed by atoms with Crippen LogP contribution in [0.5, 0.6) is 0 Å². The first kappa shape index (κ1) is 23.8. The first-order valence-corrected chi connectivity index (χ1v) is 12.5. The van der Waals surface area contributed by atoms with Gasteiger partial charge in [0.05, 0.1) is 11.4 Å². The second-order valence-corrected chi connectivity index (χ2v) is 10.9. The fraction of sp³-hybridized carbons (Fsp3) is 0.458. The van der Waals surface area contributed by atoms with E-state index < -0.39 is 10.0 Å². The highest BCUT2D eigenvalue weighted by atomic mass is 35.5. The van der Waals surface area contributed by atoms with E-state index in [-0.39, 0.29) is 23.9 Å². The van der Waals surface area contributed by atoms with E-state index in [1.54, 1.807) is 36.9 Å². The summed E-state index contributed by atoms with van der Waals surface area (Å²) < 4.78 is 28.8. The van der Waals surface area contributed by atoms with Gasteiger partial charge < -0.3 is 4.90 Å². The van der Waals surface area contributed by atoms with E-state index in [0.717, 1.165) is 18.4 Å². The lowest BCUT2D eigenvalue weighted by Crippen LogP contribution is -2.45. The molecule has 0 N–H and O–H groups in total. The Kier molecular flexibility index (Phi) is 7.45. The highest BCUT2D eigenvalue weighted by molar-refractivity contribution is 7.89. The molecular weight excluding hydrogens is 432 g/mol. The van der Waals surface area contributed by atoms with Gasteiger partial charge in [0.25, 0.3) is 0 Å². The molecule has 2 aromatic carbocycles. The summed E-state index contributed by atoms with van der Waals surface area (Å²) in [6, 6.07) is 10.9. The molecule has 31 heavy (non-hydrogen) atoms. The molecule has 0 saturated carbocycles. The van der Waals surface area contributed by atoms with Crippen LogP contribution in [0.15, 0.2) is 41.3 Å². The lowest BCUT2D eigenvalue weighted by molar-refractivity contribution is -0.132. The Morgan fingerprint density at radius 1 is 1.10 bits per heavy atom. The zero-order valence-electron chi connectivity index (χ0n) is 18.7. The molecule has 1 aliphatic rings. The summed E-state index contributed by atoms with van der Waals surface area (Å²) in [5.74, 6) is 0.426. The number of aryl methyl sites for hydroxylation is 3. The molecule has 0 unspecified atom stereocenters. The van der Waals surface area contributed by atoms with Gasteiger partial charge in [0.1, 0.15) is 0 Å². The Balaban J connectivity index is 1.97. The van der Waals surface area contributed by atoms with Crippen molar-refractivity contribution in [2.24, 2.45) is 5.92 Å². The minimum absolute atomic E-state index is 0.0464. The van der Waals surface area contributed by atoms with Gasteiger partial charge in [-0.15, -0.1) is 0 Å². The van der Waals surface area contributed by atoms with E-state index in [4.69, 9.17) is 11.6 Å². The predicted octanol–water partition coefficient (Wildman–Crippen LogP) is 4.71. The number of amides is 1. The van der Waals surface area contributed by atoms with Gasteiger partial charge in [-0.05, 0) is 62.3 Å². The van der Waals surface area contributed by atoms with Gasteiger partial charge in [0.2, 0.25) is 15.9 Å². The standard InChI is InChI=1S/C24H31ClN2O3S/c1-17-9-11-26(12-10-17)23(28)16-27(15-21-7-5-6-8-22(21)25)31(29,30)24-19(3)13-18(2)14-20(24)4/h5-8,13-14,17H,9-12,15-16H2,1-4H3. The van der Waals surface area contributed by atoms with E-state index in [1.807, 2.05) is 25.1 Å². The highest BCUT2D eigenvalue weighted by Crippen LogP contribution is 2.28. The molecule has 3 rings (SSSR count). The monoisotopic (exact) mass is 462 g/mol. The Hall–Kier alpha value is -1.89. The maximum atomic E-state index is 13.8. The minimum Gasteiger partial charge on any atom is -0.342 e. The van der Waals surface area contributed by atoms with Crippen molar-refractivity contribution in [3.8, 4) is 0 Å². The number of rotatable bonds is 6. The largest absolute Gasteiger partial charge is 0.342 e. The van der Waals surface area contributed by atoms with Crippen molar-refractivity contribution >= 4 is 27.5 Å². The van der Waals surface area contributed by atoms with Crippen molar-refractivity contribution in [2.75, 3.05) is 19.6 Å². The number of piperidine rings is 1. The molecule has 0 spiro atoms. The molecule has 1 fully saturated rings. The molecule has 1 aliphatic heterocycles. The zero-order valence-corrected chi connectivity index (χ0v) is 20.3. The number of carbonyl (C=O) groups is 1. The minimum atomic E-state index is -3.91. The lowest BCUT2D eigenvalue weighted by Gasteiger charge is -2.32. The van der Waals surface area contributed by atoms with Gasteiger partial charge in [-0.3, -0.25) is 4.79 Å². The summed E-state index contributed by atoms with van der Waals surface area (Å²) in [5, 5.41) is 0.485. The second kappa shape index (κ2) is 9.72. The Labute approximate surface area is 191 Å². The number of likely N-dealkylation sites (tertiary alicyclic amines) is 1. The molecule has 0 bridgehead atoms. The van der Waals surface area contributed by atoms with Gasteiger partial charge in [-0.2, -0.15) is 4.31 Å². The van der Waals surface area contributed by atoms with Crippen LogP contribution in [0.4, 0.5) is 0 Å². The zero-order chi connectivity index (χ0) is 22.8. The molecule has 1 saturated heterocycles. The van der Waals surface area contributed by atoms with E-state index in [2.05, 4.69) is 6.92 Å². The van der Waals surface area contributed by atoms with E-state index in [0.29, 0.717) is 40.7 Å². The lowest BCUT2D eigenvalue weighted by atomic mass is 9.99. The summed E-state index contributed by atoms with van der Waals surface area (Å²) >= 11 is 6.33. The molecule has 0 atom stereocenters. The number of benzene rings is 2. The quantitative estimate of drug-likeness (QED) is 0.624. The van der Waals surface area contributed by atoms with Crippen LogP contribution in [-0.4, -0.2) is 43.2 Å². The normalized spacial score (nSPS) is 15.5. The predicted molar refractivity (Wildman–Crippen MR) is 125 cm³/mol. The number of sulfonamides is 1. The first-order valence-electron chi connectivity index (χ1n) is 10.7. The topological polar surface area (TPSA) is 57.7 Å². The molecule has 5 nitrogen and oxygen atoms in total. The third-order valence-corrected chi connectivity index (χ3v) is 8.42. The van der Waals surface area contributed by atoms with Gasteiger partial charge in [0.15, 0.2) is 0 Å². The van der Waals surface area contributed by atoms with Gasteiger partial charge >= 0.3 is 0 Å². The molecule has 2 aromatic rings. The van der Waals surface area contributed by atoms with Crippen LogP contribution >= 0.6 is 11.6 Å². The summed E-state index contributed by atoms with van der Waals surface area (Å²) in [6.45, 7) is 8.91. The number of nitrogens with zero attached hydrogens (tertiary/aromatic N) is 2. The Bertz CT molecular complexity index is 1040. The number of halogens is 1. The van der Waals surface area contributed by atoms with Crippen LogP contribution in [0.1, 0.15) is 42.0 Å². The van der Waals surface area contributed by atoms with E-state index >= 15 is 0 Å². The van der Waals surface area contributed by atoms with Crippen LogP contribution < -0.4 is 0 Å². The molecular formula is C24H31ClN2O3S. The van der Waals surface area contributed by atoms with Crippen molar-refractivity contribution in [1.82, 2.24) is 9.21 Å². The third-order valence-electron chi connectivity index (χ3n) is 5.96. The average Bonchev–Trinajstić information content (AvgIpc) is 2.68. The molecule has 1 amide bonds. The molecule has 168 valence electrons. The van der Waals surface area contributed by atoms with E-state index in [1.165, 1.54) is 4.31 Å². The maximum absolute atomic E-state index is 13.8. The number of carbonyl (C=O) groups excluding carboxylic acids is 1. The smallest absolute Gasteiger partial charge is 0.244 e. The average molecular weight is 463 g/mol. The molecule has 7 heteroatoms. The number of hydrogen-bond donors (Lipinski definition) is 0. The van der Waals surface area contributed by atoms with Crippen LogP contribution in [0.25, 0.3) is 0 Å². The van der Waals surface area contributed by atoms with Crippen LogP contribution in [0.2, 0.25) is 5.02 Å². The van der Waals surface area contributed by atoms with E-state index in [9.17, 15) is 13.2 Å². The number of hydrogen-bond acceptors (Lipinski definition) is 3. The van der Waals surface area contributed by atoms with Gasteiger partial charge in [-0.1, -0.05) is 54.4 Å². The van der Waals surface area contributed by atoms with Crippen LogP contribution in [0.3, 0.4) is 0 Å². The summed E-state index contributed by atoms with van der Waals surface area (Å²) in [6.07, 6.45) is 1.89. The molecule has 0 aliphatic carbocycles. The fourth-order valence-corrected chi connectivity index (χ4v) is 6.23. The highest BCUT2D eigenvalue weighted by Gasteiger charge is 2.32. The summed E-state index contributed by atoms with van der Waals surface area (Å²) in [4.78, 5) is 15.1. The van der Waals surface area contributed by atoms with Gasteiger partial charge in [0, 0.05) is 24.7 Å². The Morgan fingerprint density at radius 2 is 1.68 bits per heavy atom. The van der Waals surface area contributed by atoms with Crippen molar-refractivity contribution in [3.63, 3.8) is 0 Å². The van der Waals surface area contributed by atoms with Crippen molar-refractivity contribution in [3.05, 3.63) is 63.7 Å². The molecule has 0 aromatic heterocycles. The Morgan fingerprint density at radius 3 is 2.26 bits per heavy atom. The maximum Gasteiger partial charge on any atom is 0.244 e. The van der Waals surface area contributed by atoms with Crippen molar-refractivity contribution in [1.29, 1.82) is 0 Å². The van der Waals surface area contributed by atoms with Crippen LogP contribution in [-0.2, 0) is 21.4 Å². The third kappa shape index (κ3) is 5.48. The molecule has 0 radical (unpaired) electrons. The first-order chi connectivity index (χ1) is 14.6. The van der Waals surface area contributed by atoms with Crippen LogP contribution in [0, 0.1) is 26.7 Å². The second-order valence-electron chi connectivity index (χ2n) is 8.66. The van der Waals surface area contributed by atoms with Crippen molar-refractivity contribution < 1.29 is 13.2 Å². The fourth-order valence-electron chi connectivity index (χ4n) is 4.25. The van der Waals surface area contributed by atoms with Gasteiger partial charge in [-0.25, -0.2) is 8.42 Å².